The predicted molar refractivity (Wildman–Crippen MR) is 60.0 cm³/mol. The Morgan fingerprint density at radius 2 is 1.53 bits per heavy atom. The van der Waals surface area contributed by atoms with E-state index >= 15 is 0 Å². The van der Waals surface area contributed by atoms with Gasteiger partial charge in [-0.25, -0.2) is 0 Å². The summed E-state index contributed by atoms with van der Waals surface area (Å²) in [4.78, 5) is 0. The smallest absolute Gasteiger partial charge is 0.205 e. The summed E-state index contributed by atoms with van der Waals surface area (Å²) < 4.78 is 15.3. The lowest BCUT2D eigenvalue weighted by Crippen LogP contribution is -1.91. The summed E-state index contributed by atoms with van der Waals surface area (Å²) in [6.07, 6.45) is 0. The van der Waals surface area contributed by atoms with Gasteiger partial charge in [0.1, 0.15) is 17.2 Å². The molecule has 0 fully saturated rings. The first kappa shape index (κ1) is 12.0. The maximum atomic E-state index is 5.62. The molecule has 0 aliphatic rings. The van der Waals surface area contributed by atoms with E-state index in [0.29, 0.717) is 17.2 Å². The summed E-state index contributed by atoms with van der Waals surface area (Å²) >= 11 is 11.0. The maximum Gasteiger partial charge on any atom is 0.205 e. The molecule has 0 amide bonds. The van der Waals surface area contributed by atoms with Crippen LogP contribution in [0.15, 0.2) is 29.0 Å². The molecule has 15 heavy (non-hydrogen) atoms. The Bertz CT molecular complexity index is 341. The van der Waals surface area contributed by atoms with Crippen LogP contribution in [0.25, 0.3) is 0 Å². The molecule has 1 rings (SSSR count). The molecule has 0 N–H and O–H groups in total. The zero-order chi connectivity index (χ0) is 11.3. The van der Waals surface area contributed by atoms with Gasteiger partial charge in [-0.2, -0.15) is 0 Å². The summed E-state index contributed by atoms with van der Waals surface area (Å²) in [6, 6.07) is 5.07. The Morgan fingerprint density at radius 3 is 1.93 bits per heavy atom. The Morgan fingerprint density at radius 1 is 1.07 bits per heavy atom. The van der Waals surface area contributed by atoms with Gasteiger partial charge in [-0.05, 0) is 11.6 Å². The van der Waals surface area contributed by atoms with Crippen molar-refractivity contribution in [3.05, 3.63) is 29.0 Å². The first-order valence-corrected chi connectivity index (χ1v) is 4.88. The number of rotatable bonds is 4. The van der Waals surface area contributed by atoms with Crippen molar-refractivity contribution < 1.29 is 14.2 Å². The number of methoxy groups -OCH3 is 2. The minimum atomic E-state index is 0.0759. The van der Waals surface area contributed by atoms with E-state index in [1.165, 1.54) is 0 Å². The van der Waals surface area contributed by atoms with E-state index in [1.54, 1.807) is 32.4 Å². The van der Waals surface area contributed by atoms with Crippen LogP contribution in [0.4, 0.5) is 0 Å². The van der Waals surface area contributed by atoms with Crippen molar-refractivity contribution in [3.8, 4) is 17.2 Å². The topological polar surface area (TPSA) is 27.7 Å². The van der Waals surface area contributed by atoms with Crippen molar-refractivity contribution in [2.75, 3.05) is 14.2 Å². The van der Waals surface area contributed by atoms with Crippen LogP contribution in [0.3, 0.4) is 0 Å². The van der Waals surface area contributed by atoms with Crippen LogP contribution in [-0.4, -0.2) is 14.2 Å². The molecule has 0 aliphatic carbocycles. The van der Waals surface area contributed by atoms with E-state index in [-0.39, 0.29) is 5.22 Å². The van der Waals surface area contributed by atoms with Gasteiger partial charge in [0.15, 0.2) is 0 Å². The van der Waals surface area contributed by atoms with Crippen molar-refractivity contribution in [1.82, 2.24) is 0 Å². The van der Waals surface area contributed by atoms with Crippen LogP contribution in [0.5, 0.6) is 17.2 Å². The molecule has 0 saturated heterocycles. The minimum absolute atomic E-state index is 0.0759. The summed E-state index contributed by atoms with van der Waals surface area (Å²) in [5.74, 6) is 1.72. The molecule has 0 aromatic heterocycles. The second-order valence-electron chi connectivity index (χ2n) is 2.56. The molecule has 0 saturated carbocycles. The molecule has 0 bridgehead atoms. The first-order chi connectivity index (χ1) is 7.19. The second kappa shape index (κ2) is 5.73. The average Bonchev–Trinajstić information content (AvgIpc) is 2.28. The molecule has 0 heterocycles. The summed E-state index contributed by atoms with van der Waals surface area (Å²) in [5.41, 5.74) is 1.13. The van der Waals surface area contributed by atoms with E-state index in [9.17, 15) is 0 Å². The number of benzene rings is 1. The highest BCUT2D eigenvalue weighted by molar-refractivity contribution is 6.35. The van der Waals surface area contributed by atoms with E-state index in [0.717, 1.165) is 5.54 Å². The Hall–Kier alpha value is -1.06. The number of ether oxygens (including phenoxy) is 3. The lowest BCUT2D eigenvalue weighted by atomic mass is 10.3. The SMILES string of the molecule is COc1cc(OC)cc(O/C(Cl)=C/Cl)c1. The van der Waals surface area contributed by atoms with Crippen molar-refractivity contribution in [2.45, 2.75) is 0 Å². The normalized spacial score (nSPS) is 11.1. The van der Waals surface area contributed by atoms with Gasteiger partial charge in [0.2, 0.25) is 5.22 Å². The first-order valence-electron chi connectivity index (χ1n) is 4.06. The van der Waals surface area contributed by atoms with Gasteiger partial charge < -0.3 is 14.2 Å². The van der Waals surface area contributed by atoms with Crippen LogP contribution < -0.4 is 14.2 Å². The van der Waals surface area contributed by atoms with Crippen molar-refractivity contribution >= 4 is 23.2 Å². The molecule has 0 atom stereocenters. The molecule has 0 radical (unpaired) electrons. The van der Waals surface area contributed by atoms with E-state index in [2.05, 4.69) is 0 Å². The number of hydrogen-bond donors (Lipinski definition) is 0. The zero-order valence-corrected chi connectivity index (χ0v) is 9.80. The molecular weight excluding hydrogens is 239 g/mol. The van der Waals surface area contributed by atoms with Crippen LogP contribution in [0.1, 0.15) is 0 Å². The van der Waals surface area contributed by atoms with E-state index in [4.69, 9.17) is 37.4 Å². The molecule has 5 heteroatoms. The van der Waals surface area contributed by atoms with Crippen LogP contribution in [0, 0.1) is 0 Å². The van der Waals surface area contributed by atoms with Crippen LogP contribution in [0.2, 0.25) is 0 Å². The molecule has 1 aromatic carbocycles. The largest absolute Gasteiger partial charge is 0.496 e. The zero-order valence-electron chi connectivity index (χ0n) is 8.29. The van der Waals surface area contributed by atoms with E-state index in [1.807, 2.05) is 0 Å². The van der Waals surface area contributed by atoms with Gasteiger partial charge in [0, 0.05) is 18.2 Å². The summed E-state index contributed by atoms with van der Waals surface area (Å²) in [7, 11) is 3.11. The van der Waals surface area contributed by atoms with Gasteiger partial charge in [-0.3, -0.25) is 0 Å². The quantitative estimate of drug-likeness (QED) is 0.765. The molecule has 0 aliphatic heterocycles. The molecule has 82 valence electrons. The van der Waals surface area contributed by atoms with Crippen LogP contribution in [-0.2, 0) is 0 Å². The van der Waals surface area contributed by atoms with E-state index < -0.39 is 0 Å². The fourth-order valence-corrected chi connectivity index (χ4v) is 1.11. The standard InChI is InChI=1S/C10H10Cl2O3/c1-13-7-3-8(14-2)5-9(4-7)15-10(12)6-11/h3-6H,1-2H3/b10-6+. The second-order valence-corrected chi connectivity index (χ2v) is 3.15. The fourth-order valence-electron chi connectivity index (χ4n) is 0.975. The summed E-state index contributed by atoms with van der Waals surface area (Å²) in [6.45, 7) is 0. The monoisotopic (exact) mass is 248 g/mol. The number of hydrogen-bond acceptors (Lipinski definition) is 3. The fraction of sp³-hybridized carbons (Fsp3) is 0.200. The predicted octanol–water partition coefficient (Wildman–Crippen LogP) is 3.36. The molecule has 3 nitrogen and oxygen atoms in total. The lowest BCUT2D eigenvalue weighted by molar-refractivity contribution is 0.385. The number of halogens is 2. The highest BCUT2D eigenvalue weighted by Crippen LogP contribution is 2.29. The highest BCUT2D eigenvalue weighted by Gasteiger charge is 2.04. The molecule has 1 aromatic rings. The van der Waals surface area contributed by atoms with Crippen molar-refractivity contribution in [2.24, 2.45) is 0 Å². The van der Waals surface area contributed by atoms with Gasteiger partial charge in [0.05, 0.1) is 19.8 Å². The highest BCUT2D eigenvalue weighted by atomic mass is 35.5. The molecule has 0 spiro atoms. The Kier molecular flexibility index (Phi) is 4.59. The van der Waals surface area contributed by atoms with Gasteiger partial charge in [-0.15, -0.1) is 0 Å². The van der Waals surface area contributed by atoms with Gasteiger partial charge in [-0.1, -0.05) is 11.6 Å². The Labute approximate surface area is 98.1 Å². The average molecular weight is 249 g/mol. The van der Waals surface area contributed by atoms with Crippen molar-refractivity contribution in [3.63, 3.8) is 0 Å². The van der Waals surface area contributed by atoms with Crippen LogP contribution >= 0.6 is 23.2 Å². The maximum absolute atomic E-state index is 5.62. The molecule has 0 unspecified atom stereocenters. The third-order valence-electron chi connectivity index (χ3n) is 1.63. The summed E-state index contributed by atoms with van der Waals surface area (Å²) in [5, 5.41) is 0.0759. The Balaban J connectivity index is 2.96. The van der Waals surface area contributed by atoms with Crippen molar-refractivity contribution in [1.29, 1.82) is 0 Å². The van der Waals surface area contributed by atoms with Gasteiger partial charge in [0.25, 0.3) is 0 Å². The van der Waals surface area contributed by atoms with Gasteiger partial charge >= 0.3 is 0 Å². The third kappa shape index (κ3) is 3.53. The minimum Gasteiger partial charge on any atom is -0.496 e. The molecular formula is C10H10Cl2O3. The third-order valence-corrected chi connectivity index (χ3v) is 2.12. The lowest BCUT2D eigenvalue weighted by Gasteiger charge is -2.08.